The maximum atomic E-state index is 13.3. The number of carbonyl (C=O) groups is 4. The van der Waals surface area contributed by atoms with Crippen LogP contribution in [0.1, 0.15) is 72.8 Å². The number of hydrogen-bond donors (Lipinski definition) is 6. The molecule has 0 fully saturated rings. The second-order valence-corrected chi connectivity index (χ2v) is 13.5. The Morgan fingerprint density at radius 1 is 0.957 bits per heavy atom. The predicted octanol–water partition coefficient (Wildman–Crippen LogP) is 2.85. The molecular formula is C34H57N3O10. The van der Waals surface area contributed by atoms with E-state index in [4.69, 9.17) is 19.9 Å². The zero-order chi connectivity index (χ0) is 35.9. The summed E-state index contributed by atoms with van der Waals surface area (Å²) in [7, 11) is 3.18. The van der Waals surface area contributed by atoms with Crippen LogP contribution in [0.4, 0.5) is 0 Å². The third-order valence-electron chi connectivity index (χ3n) is 8.54. The maximum Gasteiger partial charge on any atom is 0.321 e. The number of benzene rings is 1. The lowest BCUT2D eigenvalue weighted by atomic mass is 9.80. The minimum absolute atomic E-state index is 0.0111. The Morgan fingerprint density at radius 2 is 1.62 bits per heavy atom. The zero-order valence-electron chi connectivity index (χ0n) is 29.2. The molecule has 0 aromatic heterocycles. The molecule has 0 bridgehead atoms. The van der Waals surface area contributed by atoms with Crippen molar-refractivity contribution in [3.05, 3.63) is 23.8 Å². The third-order valence-corrected chi connectivity index (χ3v) is 8.54. The number of carboxylic acids is 2. The van der Waals surface area contributed by atoms with Gasteiger partial charge in [0.15, 0.2) is 11.5 Å². The van der Waals surface area contributed by atoms with Crippen LogP contribution in [0.25, 0.3) is 0 Å². The Hall–Kier alpha value is -3.42. The second-order valence-electron chi connectivity index (χ2n) is 13.5. The minimum Gasteiger partial charge on any atom is -0.493 e. The van der Waals surface area contributed by atoms with Gasteiger partial charge in [0.1, 0.15) is 6.04 Å². The molecule has 1 aromatic carbocycles. The van der Waals surface area contributed by atoms with Gasteiger partial charge in [-0.2, -0.15) is 0 Å². The van der Waals surface area contributed by atoms with Gasteiger partial charge >= 0.3 is 11.9 Å². The van der Waals surface area contributed by atoms with Gasteiger partial charge in [0.2, 0.25) is 11.8 Å². The molecule has 1 rings (SSSR count). The highest BCUT2D eigenvalue weighted by Gasteiger charge is 2.35. The molecule has 0 aliphatic carbocycles. The molecule has 0 spiro atoms. The summed E-state index contributed by atoms with van der Waals surface area (Å²) in [5.74, 6) is -3.33. The number of hydrogen-bond acceptors (Lipinski definition) is 9. The van der Waals surface area contributed by atoms with E-state index in [-0.39, 0.29) is 36.6 Å². The number of amides is 2. The summed E-state index contributed by atoms with van der Waals surface area (Å²) >= 11 is 0. The van der Waals surface area contributed by atoms with E-state index in [1.807, 2.05) is 45.9 Å². The second kappa shape index (κ2) is 20.1. The molecule has 2 amide bonds. The van der Waals surface area contributed by atoms with Gasteiger partial charge in [-0.1, -0.05) is 33.8 Å². The Labute approximate surface area is 278 Å². The van der Waals surface area contributed by atoms with Gasteiger partial charge in [0.05, 0.1) is 31.7 Å². The number of nitrogens with one attached hydrogen (secondary N) is 2. The number of aliphatic hydroxyl groups excluding tert-OH is 1. The van der Waals surface area contributed by atoms with Crippen molar-refractivity contribution in [1.82, 2.24) is 10.6 Å². The lowest BCUT2D eigenvalue weighted by Gasteiger charge is -2.34. The molecule has 47 heavy (non-hydrogen) atoms. The van der Waals surface area contributed by atoms with E-state index in [1.54, 1.807) is 28.1 Å². The van der Waals surface area contributed by atoms with Crippen LogP contribution in [-0.4, -0.2) is 91.2 Å². The fourth-order valence-electron chi connectivity index (χ4n) is 5.19. The molecule has 0 saturated carbocycles. The quantitative estimate of drug-likeness (QED) is 0.0884. The minimum atomic E-state index is -1.46. The van der Waals surface area contributed by atoms with Crippen LogP contribution in [0.15, 0.2) is 18.2 Å². The summed E-state index contributed by atoms with van der Waals surface area (Å²) in [6.45, 7) is 12.0. The van der Waals surface area contributed by atoms with Crippen molar-refractivity contribution in [2.24, 2.45) is 34.8 Å². The van der Waals surface area contributed by atoms with Crippen molar-refractivity contribution >= 4 is 23.8 Å². The summed E-state index contributed by atoms with van der Waals surface area (Å²) in [4.78, 5) is 48.6. The largest absolute Gasteiger partial charge is 0.493 e. The summed E-state index contributed by atoms with van der Waals surface area (Å²) < 4.78 is 16.5. The SMILES string of the molecule is COCCCOc1cc(C[C@H](C[C@H](NC(CC(=O)O)C(=O)O)[C@H](O)C[C@H](C(=O)NCC(C)(C)C(N)=O)C(C)C)C(C)C)ccc1OC. The van der Waals surface area contributed by atoms with Crippen LogP contribution < -0.4 is 25.8 Å². The fourth-order valence-corrected chi connectivity index (χ4v) is 5.19. The molecule has 13 nitrogen and oxygen atoms in total. The van der Waals surface area contributed by atoms with Crippen LogP contribution in [0.2, 0.25) is 0 Å². The standard InChI is InChI=1S/C34H57N3O10/c1-20(2)23(14-22-10-11-28(46-8)29(15-22)47-13-9-12-45-7)16-25(37-26(32(42)43)18-30(39)40)27(38)17-24(21(3)4)31(41)36-19-34(5,6)33(35)44/h10-11,15,20-21,23-27,37-38H,9,12-14,16-19H2,1-8H3,(H2,35,44)(H,36,41)(H,39,40)(H,42,43)/t23-,24+,25+,26?,27-/m1/s1. The van der Waals surface area contributed by atoms with Crippen molar-refractivity contribution in [3.8, 4) is 11.5 Å². The first kappa shape index (κ1) is 41.6. The van der Waals surface area contributed by atoms with Gasteiger partial charge < -0.3 is 40.6 Å². The van der Waals surface area contributed by atoms with Gasteiger partial charge in [-0.05, 0) is 68.6 Å². The van der Waals surface area contributed by atoms with Crippen LogP contribution in [0.3, 0.4) is 0 Å². The molecule has 7 N–H and O–H groups in total. The highest BCUT2D eigenvalue weighted by atomic mass is 16.5. The summed E-state index contributed by atoms with van der Waals surface area (Å²) in [6, 6.07) is 3.32. The molecule has 5 atom stereocenters. The summed E-state index contributed by atoms with van der Waals surface area (Å²) in [6.07, 6.45) is -0.380. The maximum absolute atomic E-state index is 13.3. The monoisotopic (exact) mass is 667 g/mol. The summed E-state index contributed by atoms with van der Waals surface area (Å²) in [5.41, 5.74) is 5.41. The summed E-state index contributed by atoms with van der Waals surface area (Å²) in [5, 5.41) is 36.5. The number of nitrogens with two attached hydrogens (primary N) is 1. The van der Waals surface area contributed by atoms with E-state index in [0.29, 0.717) is 44.0 Å². The molecule has 0 heterocycles. The van der Waals surface area contributed by atoms with Crippen LogP contribution in [-0.2, 0) is 30.3 Å². The highest BCUT2D eigenvalue weighted by molar-refractivity contribution is 5.83. The Balaban J connectivity index is 3.34. The van der Waals surface area contributed by atoms with Crippen LogP contribution in [0.5, 0.6) is 11.5 Å². The molecule has 1 unspecified atom stereocenters. The molecule has 0 radical (unpaired) electrons. The van der Waals surface area contributed by atoms with Gasteiger partial charge in [0.25, 0.3) is 0 Å². The molecule has 268 valence electrons. The third kappa shape index (κ3) is 14.5. The molecule has 0 aliphatic rings. The average Bonchev–Trinajstić information content (AvgIpc) is 2.98. The van der Waals surface area contributed by atoms with Gasteiger partial charge in [-0.25, -0.2) is 0 Å². The van der Waals surface area contributed by atoms with E-state index in [1.165, 1.54) is 0 Å². The Bertz CT molecular complexity index is 1160. The van der Waals surface area contributed by atoms with E-state index in [2.05, 4.69) is 10.6 Å². The number of primary amides is 1. The van der Waals surface area contributed by atoms with Gasteiger partial charge in [-0.3, -0.25) is 24.5 Å². The van der Waals surface area contributed by atoms with Crippen molar-refractivity contribution in [2.75, 3.05) is 34.0 Å². The van der Waals surface area contributed by atoms with E-state index in [0.717, 1.165) is 5.56 Å². The van der Waals surface area contributed by atoms with Gasteiger partial charge in [0, 0.05) is 38.6 Å². The van der Waals surface area contributed by atoms with Crippen molar-refractivity contribution in [2.45, 2.75) is 91.8 Å². The average molecular weight is 668 g/mol. The first-order valence-electron chi connectivity index (χ1n) is 16.2. The number of methoxy groups -OCH3 is 2. The predicted molar refractivity (Wildman–Crippen MR) is 177 cm³/mol. The smallest absolute Gasteiger partial charge is 0.321 e. The van der Waals surface area contributed by atoms with E-state index >= 15 is 0 Å². The van der Waals surface area contributed by atoms with E-state index < -0.39 is 53.8 Å². The Morgan fingerprint density at radius 3 is 2.13 bits per heavy atom. The normalized spacial score (nSPS) is 15.0. The Kier molecular flexibility index (Phi) is 17.8. The molecule has 0 saturated heterocycles. The van der Waals surface area contributed by atoms with Crippen LogP contribution in [0, 0.1) is 29.1 Å². The fraction of sp³-hybridized carbons (Fsp3) is 0.706. The first-order chi connectivity index (χ1) is 21.9. The molecular weight excluding hydrogens is 610 g/mol. The van der Waals surface area contributed by atoms with Crippen molar-refractivity contribution in [3.63, 3.8) is 0 Å². The van der Waals surface area contributed by atoms with Crippen molar-refractivity contribution < 1.29 is 48.7 Å². The lowest BCUT2D eigenvalue weighted by Crippen LogP contribution is -2.52. The number of carbonyl (C=O) groups excluding carboxylic acids is 2. The number of carboxylic acid groups (broad SMARTS) is 2. The van der Waals surface area contributed by atoms with Gasteiger partial charge in [-0.15, -0.1) is 0 Å². The number of aliphatic carboxylic acids is 2. The number of ether oxygens (including phenoxy) is 3. The topological polar surface area (TPSA) is 207 Å². The highest BCUT2D eigenvalue weighted by Crippen LogP contribution is 2.32. The van der Waals surface area contributed by atoms with E-state index in [9.17, 15) is 34.5 Å². The molecule has 1 aromatic rings. The van der Waals surface area contributed by atoms with Crippen molar-refractivity contribution in [1.29, 1.82) is 0 Å². The molecule has 13 heteroatoms. The molecule has 0 aliphatic heterocycles. The number of rotatable bonds is 24. The first-order valence-corrected chi connectivity index (χ1v) is 16.2. The zero-order valence-corrected chi connectivity index (χ0v) is 29.2. The lowest BCUT2D eigenvalue weighted by molar-refractivity contribution is -0.146. The number of aliphatic hydroxyl groups is 1. The van der Waals surface area contributed by atoms with Crippen LogP contribution >= 0.6 is 0 Å².